The van der Waals surface area contributed by atoms with Gasteiger partial charge in [0.15, 0.2) is 0 Å². The number of rotatable bonds is 7. The van der Waals surface area contributed by atoms with Crippen molar-refractivity contribution in [2.75, 3.05) is 6.54 Å². The summed E-state index contributed by atoms with van der Waals surface area (Å²) in [4.78, 5) is 0. The van der Waals surface area contributed by atoms with Crippen LogP contribution in [-0.4, -0.2) is 12.1 Å². The summed E-state index contributed by atoms with van der Waals surface area (Å²) in [6.45, 7) is 14.9. The van der Waals surface area contributed by atoms with E-state index in [0.717, 1.165) is 18.4 Å². The molecule has 0 bridgehead atoms. The van der Waals surface area contributed by atoms with Gasteiger partial charge in [-0.2, -0.15) is 0 Å². The first kappa shape index (κ1) is 15.0. The zero-order valence-corrected chi connectivity index (χ0v) is 11.7. The Morgan fingerprint density at radius 2 is 1.60 bits per heavy atom. The molecule has 1 N–H and O–H groups in total. The van der Waals surface area contributed by atoms with Gasteiger partial charge in [0.1, 0.15) is 0 Å². The van der Waals surface area contributed by atoms with Crippen LogP contribution in [0.4, 0.5) is 0 Å². The maximum atomic E-state index is 3.59. The first-order valence-corrected chi connectivity index (χ1v) is 6.62. The molecule has 0 rings (SSSR count). The average molecular weight is 213 g/mol. The van der Waals surface area contributed by atoms with E-state index in [0.29, 0.717) is 0 Å². The molecular formula is C14H31N. The molecule has 0 saturated carbocycles. The van der Waals surface area contributed by atoms with Crippen LogP contribution in [0.5, 0.6) is 0 Å². The van der Waals surface area contributed by atoms with E-state index in [2.05, 4.69) is 46.9 Å². The van der Waals surface area contributed by atoms with E-state index in [-0.39, 0.29) is 5.54 Å². The average Bonchev–Trinajstić information content (AvgIpc) is 2.13. The van der Waals surface area contributed by atoms with Crippen LogP contribution >= 0.6 is 0 Å². The van der Waals surface area contributed by atoms with Gasteiger partial charge in [0.25, 0.3) is 0 Å². The van der Waals surface area contributed by atoms with Crippen molar-refractivity contribution in [1.82, 2.24) is 5.32 Å². The van der Waals surface area contributed by atoms with E-state index in [1.807, 2.05) is 0 Å². The Kier molecular flexibility index (Phi) is 7.25. The Bertz CT molecular complexity index is 146. The third-order valence-electron chi connectivity index (χ3n) is 3.19. The molecule has 0 aromatic rings. The third-order valence-corrected chi connectivity index (χ3v) is 3.19. The molecule has 0 fully saturated rings. The molecule has 0 aromatic heterocycles. The maximum absolute atomic E-state index is 3.59. The van der Waals surface area contributed by atoms with Crippen molar-refractivity contribution in [2.24, 2.45) is 11.8 Å². The van der Waals surface area contributed by atoms with Gasteiger partial charge in [-0.15, -0.1) is 0 Å². The van der Waals surface area contributed by atoms with Gasteiger partial charge in [-0.05, 0) is 39.2 Å². The summed E-state index contributed by atoms with van der Waals surface area (Å²) >= 11 is 0. The predicted octanol–water partition coefficient (Wildman–Crippen LogP) is 4.23. The highest BCUT2D eigenvalue weighted by atomic mass is 14.9. The Morgan fingerprint density at radius 1 is 1.00 bits per heavy atom. The number of nitrogens with one attached hydrogen (secondary N) is 1. The van der Waals surface area contributed by atoms with Crippen molar-refractivity contribution in [3.05, 3.63) is 0 Å². The summed E-state index contributed by atoms with van der Waals surface area (Å²) in [6, 6.07) is 0. The van der Waals surface area contributed by atoms with Crippen molar-refractivity contribution in [1.29, 1.82) is 0 Å². The molecule has 0 radical (unpaired) electrons. The first-order chi connectivity index (χ1) is 6.87. The van der Waals surface area contributed by atoms with Crippen LogP contribution in [0.15, 0.2) is 0 Å². The molecule has 0 spiro atoms. The van der Waals surface area contributed by atoms with Gasteiger partial charge in [0.05, 0.1) is 0 Å². The lowest BCUT2D eigenvalue weighted by molar-refractivity contribution is 0.301. The van der Waals surface area contributed by atoms with Gasteiger partial charge in [-0.1, -0.05) is 46.5 Å². The van der Waals surface area contributed by atoms with Crippen LogP contribution in [-0.2, 0) is 0 Å². The molecule has 2 unspecified atom stereocenters. The molecule has 92 valence electrons. The van der Waals surface area contributed by atoms with Crippen LogP contribution in [0, 0.1) is 11.8 Å². The highest BCUT2D eigenvalue weighted by Gasteiger charge is 2.15. The fourth-order valence-corrected chi connectivity index (χ4v) is 1.67. The topological polar surface area (TPSA) is 12.0 Å². The van der Waals surface area contributed by atoms with Gasteiger partial charge in [0.2, 0.25) is 0 Å². The van der Waals surface area contributed by atoms with Crippen LogP contribution in [0.1, 0.15) is 67.2 Å². The van der Waals surface area contributed by atoms with Crippen LogP contribution < -0.4 is 5.32 Å². The fraction of sp³-hybridized carbons (Fsp3) is 1.00. The summed E-state index contributed by atoms with van der Waals surface area (Å²) in [5.41, 5.74) is 0.261. The lowest BCUT2D eigenvalue weighted by Crippen LogP contribution is -2.39. The summed E-state index contributed by atoms with van der Waals surface area (Å²) in [6.07, 6.45) is 5.52. The summed E-state index contributed by atoms with van der Waals surface area (Å²) < 4.78 is 0. The van der Waals surface area contributed by atoms with E-state index in [1.165, 1.54) is 25.7 Å². The van der Waals surface area contributed by atoms with Gasteiger partial charge < -0.3 is 5.32 Å². The SMILES string of the molecule is CCCCCC(C)C(C)CNC(C)(C)C. The molecule has 0 aromatic carbocycles. The highest BCUT2D eigenvalue weighted by molar-refractivity contribution is 4.73. The minimum Gasteiger partial charge on any atom is -0.312 e. The molecular weight excluding hydrogens is 182 g/mol. The number of hydrogen-bond donors (Lipinski definition) is 1. The Hall–Kier alpha value is -0.0400. The van der Waals surface area contributed by atoms with E-state index < -0.39 is 0 Å². The maximum Gasteiger partial charge on any atom is 0.00966 e. The molecule has 1 heteroatoms. The standard InChI is InChI=1S/C14H31N/c1-7-8-9-10-12(2)13(3)11-15-14(4,5)6/h12-13,15H,7-11H2,1-6H3. The van der Waals surface area contributed by atoms with Crippen molar-refractivity contribution < 1.29 is 0 Å². The van der Waals surface area contributed by atoms with E-state index >= 15 is 0 Å². The third kappa shape index (κ3) is 8.92. The molecule has 0 aliphatic heterocycles. The van der Waals surface area contributed by atoms with Crippen LogP contribution in [0.2, 0.25) is 0 Å². The molecule has 2 atom stereocenters. The Labute approximate surface area is 97.0 Å². The van der Waals surface area contributed by atoms with Gasteiger partial charge >= 0.3 is 0 Å². The summed E-state index contributed by atoms with van der Waals surface area (Å²) in [5, 5.41) is 3.59. The lowest BCUT2D eigenvalue weighted by Gasteiger charge is -2.26. The fourth-order valence-electron chi connectivity index (χ4n) is 1.67. The van der Waals surface area contributed by atoms with Crippen LogP contribution in [0.3, 0.4) is 0 Å². The second-order valence-corrected chi connectivity index (χ2v) is 6.08. The zero-order chi connectivity index (χ0) is 11.9. The van der Waals surface area contributed by atoms with Crippen LogP contribution in [0.25, 0.3) is 0 Å². The molecule has 0 saturated heterocycles. The van der Waals surface area contributed by atoms with Crippen molar-refractivity contribution in [3.63, 3.8) is 0 Å². The minimum atomic E-state index is 0.261. The zero-order valence-electron chi connectivity index (χ0n) is 11.7. The monoisotopic (exact) mass is 213 g/mol. The predicted molar refractivity (Wildman–Crippen MR) is 70.2 cm³/mol. The highest BCUT2D eigenvalue weighted by Crippen LogP contribution is 2.18. The molecule has 0 aliphatic rings. The molecule has 0 amide bonds. The van der Waals surface area contributed by atoms with E-state index in [4.69, 9.17) is 0 Å². The smallest absolute Gasteiger partial charge is 0.00966 e. The minimum absolute atomic E-state index is 0.261. The molecule has 0 heterocycles. The first-order valence-electron chi connectivity index (χ1n) is 6.62. The molecule has 1 nitrogen and oxygen atoms in total. The van der Waals surface area contributed by atoms with Gasteiger partial charge in [-0.3, -0.25) is 0 Å². The molecule has 0 aliphatic carbocycles. The summed E-state index contributed by atoms with van der Waals surface area (Å²) in [5.74, 6) is 1.65. The Morgan fingerprint density at radius 3 is 2.07 bits per heavy atom. The lowest BCUT2D eigenvalue weighted by atomic mass is 9.90. The van der Waals surface area contributed by atoms with E-state index in [1.54, 1.807) is 0 Å². The molecule has 15 heavy (non-hydrogen) atoms. The van der Waals surface area contributed by atoms with Gasteiger partial charge in [-0.25, -0.2) is 0 Å². The van der Waals surface area contributed by atoms with Crippen molar-refractivity contribution in [3.8, 4) is 0 Å². The quantitative estimate of drug-likeness (QED) is 0.624. The second-order valence-electron chi connectivity index (χ2n) is 6.08. The Balaban J connectivity index is 3.64. The van der Waals surface area contributed by atoms with E-state index in [9.17, 15) is 0 Å². The van der Waals surface area contributed by atoms with Gasteiger partial charge in [0, 0.05) is 5.54 Å². The largest absolute Gasteiger partial charge is 0.312 e. The summed E-state index contributed by atoms with van der Waals surface area (Å²) in [7, 11) is 0. The number of hydrogen-bond acceptors (Lipinski definition) is 1. The normalized spacial score (nSPS) is 16.4. The van der Waals surface area contributed by atoms with Crippen molar-refractivity contribution >= 4 is 0 Å². The number of unbranched alkanes of at least 4 members (excludes halogenated alkanes) is 2. The van der Waals surface area contributed by atoms with Crippen molar-refractivity contribution in [2.45, 2.75) is 72.8 Å². The second kappa shape index (κ2) is 7.27.